The molecule has 2 saturated carbocycles. The lowest BCUT2D eigenvalue weighted by Gasteiger charge is -2.30. The first-order chi connectivity index (χ1) is 15.0. The summed E-state index contributed by atoms with van der Waals surface area (Å²) in [5.41, 5.74) is 3.94. The Morgan fingerprint density at radius 1 is 0.968 bits per heavy atom. The van der Waals surface area contributed by atoms with E-state index < -0.39 is 30.5 Å². The molecule has 2 aliphatic carbocycles. The fourth-order valence-electron chi connectivity index (χ4n) is 4.20. The topological polar surface area (TPSA) is 122 Å². The molecule has 2 fully saturated rings. The summed E-state index contributed by atoms with van der Waals surface area (Å²) in [5, 5.41) is 21.5. The average molecular weight is 435 g/mol. The van der Waals surface area contributed by atoms with Crippen LogP contribution in [0.3, 0.4) is 0 Å². The molecule has 1 unspecified atom stereocenters. The molecule has 0 heterocycles. The van der Waals surface area contributed by atoms with Gasteiger partial charge < -0.3 is 26.0 Å². The van der Waals surface area contributed by atoms with Crippen LogP contribution in [0.5, 0.6) is 0 Å². The molecule has 0 saturated heterocycles. The van der Waals surface area contributed by atoms with Gasteiger partial charge in [0, 0.05) is 25.1 Å². The molecule has 0 spiro atoms. The monoisotopic (exact) mass is 434 g/mol. The second kappa shape index (κ2) is 13.5. The molecular weight excluding hydrogens is 396 g/mol. The molecule has 1 aromatic rings. The van der Waals surface area contributed by atoms with Crippen molar-refractivity contribution in [3.63, 3.8) is 0 Å². The van der Waals surface area contributed by atoms with E-state index in [2.05, 4.69) is 5.32 Å². The van der Waals surface area contributed by atoms with Gasteiger partial charge in [0.2, 0.25) is 5.54 Å². The number of nitrogens with one attached hydrogen (secondary N) is 1. The molecule has 0 amide bonds. The summed E-state index contributed by atoms with van der Waals surface area (Å²) in [6.07, 6.45) is 14.2. The van der Waals surface area contributed by atoms with Crippen molar-refractivity contribution < 1.29 is 24.5 Å². The lowest BCUT2D eigenvalue weighted by Crippen LogP contribution is -2.56. The molecule has 7 heteroatoms. The SMILES string of the molecule is C1CCC(NC2CCCCC2)CC1.NC(CCO)(C(=O)O)C(=O)OCc1ccccc1. The Morgan fingerprint density at radius 3 is 1.94 bits per heavy atom. The smallest absolute Gasteiger partial charge is 0.338 e. The number of aliphatic hydroxyl groups is 1. The van der Waals surface area contributed by atoms with Crippen molar-refractivity contribution in [1.29, 1.82) is 0 Å². The van der Waals surface area contributed by atoms with Gasteiger partial charge in [-0.3, -0.25) is 0 Å². The molecule has 174 valence electrons. The number of esters is 1. The van der Waals surface area contributed by atoms with Crippen LogP contribution in [0.1, 0.15) is 76.2 Å². The maximum Gasteiger partial charge on any atom is 0.338 e. The second-order valence-corrected chi connectivity index (χ2v) is 8.65. The van der Waals surface area contributed by atoms with Crippen LogP contribution in [0.2, 0.25) is 0 Å². The van der Waals surface area contributed by atoms with E-state index >= 15 is 0 Å². The first-order valence-corrected chi connectivity index (χ1v) is 11.6. The average Bonchev–Trinajstić information content (AvgIpc) is 2.80. The third kappa shape index (κ3) is 8.59. The summed E-state index contributed by atoms with van der Waals surface area (Å²) in [4.78, 5) is 22.6. The van der Waals surface area contributed by atoms with Crippen molar-refractivity contribution in [3.8, 4) is 0 Å². The van der Waals surface area contributed by atoms with Crippen molar-refractivity contribution in [2.75, 3.05) is 6.61 Å². The molecule has 0 radical (unpaired) electrons. The largest absolute Gasteiger partial charge is 0.479 e. The van der Waals surface area contributed by atoms with Gasteiger partial charge in [-0.05, 0) is 31.2 Å². The zero-order valence-electron chi connectivity index (χ0n) is 18.4. The number of carbonyl (C=O) groups excluding carboxylic acids is 1. The Hall–Kier alpha value is -1.96. The van der Waals surface area contributed by atoms with Gasteiger partial charge in [-0.1, -0.05) is 68.9 Å². The first kappa shape index (κ1) is 25.3. The number of aliphatic hydroxyl groups excluding tert-OH is 1. The minimum Gasteiger partial charge on any atom is -0.479 e. The summed E-state index contributed by atoms with van der Waals surface area (Å²) < 4.78 is 4.85. The number of carbonyl (C=O) groups is 2. The number of benzene rings is 1. The number of carboxylic acids is 1. The highest BCUT2D eigenvalue weighted by Gasteiger charge is 2.43. The van der Waals surface area contributed by atoms with E-state index in [1.165, 1.54) is 64.2 Å². The minimum absolute atomic E-state index is 0.0582. The van der Waals surface area contributed by atoms with Crippen molar-refractivity contribution in [3.05, 3.63) is 35.9 Å². The number of nitrogens with two attached hydrogens (primary N) is 1. The Morgan fingerprint density at radius 2 is 1.48 bits per heavy atom. The maximum absolute atomic E-state index is 11.6. The van der Waals surface area contributed by atoms with Gasteiger partial charge in [-0.25, -0.2) is 9.59 Å². The van der Waals surface area contributed by atoms with Crippen molar-refractivity contribution in [2.45, 2.75) is 94.9 Å². The number of ether oxygens (including phenoxy) is 1. The third-order valence-electron chi connectivity index (χ3n) is 6.15. The maximum atomic E-state index is 11.6. The van der Waals surface area contributed by atoms with Crippen LogP contribution < -0.4 is 11.1 Å². The molecule has 0 aromatic heterocycles. The van der Waals surface area contributed by atoms with E-state index in [9.17, 15) is 9.59 Å². The van der Waals surface area contributed by atoms with Crippen molar-refractivity contribution in [2.24, 2.45) is 5.73 Å². The predicted octanol–water partition coefficient (Wildman–Crippen LogP) is 3.14. The highest BCUT2D eigenvalue weighted by molar-refractivity contribution is 6.03. The van der Waals surface area contributed by atoms with Crippen LogP contribution in [-0.2, 0) is 20.9 Å². The molecule has 0 bridgehead atoms. The molecule has 31 heavy (non-hydrogen) atoms. The molecule has 1 atom stereocenters. The fourth-order valence-corrected chi connectivity index (χ4v) is 4.20. The van der Waals surface area contributed by atoms with Gasteiger partial charge in [-0.2, -0.15) is 0 Å². The van der Waals surface area contributed by atoms with Gasteiger partial charge in [0.1, 0.15) is 6.61 Å². The van der Waals surface area contributed by atoms with Gasteiger partial charge >= 0.3 is 11.9 Å². The summed E-state index contributed by atoms with van der Waals surface area (Å²) in [6.45, 7) is -0.569. The lowest BCUT2D eigenvalue weighted by atomic mass is 9.91. The zero-order chi connectivity index (χ0) is 22.5. The van der Waals surface area contributed by atoms with E-state index in [1.54, 1.807) is 24.3 Å². The third-order valence-corrected chi connectivity index (χ3v) is 6.15. The molecule has 0 aliphatic heterocycles. The van der Waals surface area contributed by atoms with Crippen molar-refractivity contribution >= 4 is 11.9 Å². The molecule has 3 rings (SSSR count). The summed E-state index contributed by atoms with van der Waals surface area (Å²) in [6, 6.07) is 10.6. The minimum atomic E-state index is -2.20. The molecule has 5 N–H and O–H groups in total. The van der Waals surface area contributed by atoms with Gasteiger partial charge in [0.25, 0.3) is 0 Å². The summed E-state index contributed by atoms with van der Waals surface area (Å²) >= 11 is 0. The highest BCUT2D eigenvalue weighted by atomic mass is 16.5. The quantitative estimate of drug-likeness (QED) is 0.366. The second-order valence-electron chi connectivity index (χ2n) is 8.65. The first-order valence-electron chi connectivity index (χ1n) is 11.6. The van der Waals surface area contributed by atoms with E-state index in [0.29, 0.717) is 0 Å². The van der Waals surface area contributed by atoms with Gasteiger partial charge in [0.05, 0.1) is 0 Å². The van der Waals surface area contributed by atoms with E-state index in [-0.39, 0.29) is 6.61 Å². The fraction of sp³-hybridized carbons (Fsp3) is 0.667. The predicted molar refractivity (Wildman–Crippen MR) is 119 cm³/mol. The number of hydrogen-bond acceptors (Lipinski definition) is 6. The van der Waals surface area contributed by atoms with Crippen LogP contribution in [0.4, 0.5) is 0 Å². The Balaban J connectivity index is 0.000000231. The Labute approximate surface area is 185 Å². The molecule has 7 nitrogen and oxygen atoms in total. The Bertz CT molecular complexity index is 641. The normalized spacial score (nSPS) is 19.5. The summed E-state index contributed by atoms with van der Waals surface area (Å²) in [5.74, 6) is -2.58. The van der Waals surface area contributed by atoms with Crippen LogP contribution in [-0.4, -0.2) is 46.4 Å². The standard InChI is InChI=1S/C12H15NO5.C12H23N/c13-12(6-7-14,10(15)16)11(17)18-8-9-4-2-1-3-5-9;1-3-7-11(8-4-1)13-12-9-5-2-6-10-12/h1-5,14H,6-8,13H2,(H,15,16);11-13H,1-10H2. The van der Waals surface area contributed by atoms with Crippen molar-refractivity contribution in [1.82, 2.24) is 5.32 Å². The number of carboxylic acid groups (broad SMARTS) is 1. The lowest BCUT2D eigenvalue weighted by molar-refractivity contribution is -0.162. The number of rotatable bonds is 8. The van der Waals surface area contributed by atoms with Crippen LogP contribution in [0.25, 0.3) is 0 Å². The highest BCUT2D eigenvalue weighted by Crippen LogP contribution is 2.22. The van der Waals surface area contributed by atoms with E-state index in [4.69, 9.17) is 20.7 Å². The Kier molecular flexibility index (Phi) is 11.0. The van der Waals surface area contributed by atoms with E-state index in [1.807, 2.05) is 6.07 Å². The zero-order valence-corrected chi connectivity index (χ0v) is 18.4. The van der Waals surface area contributed by atoms with Gasteiger partial charge in [0.15, 0.2) is 0 Å². The summed E-state index contributed by atoms with van der Waals surface area (Å²) in [7, 11) is 0. The molecular formula is C24H38N2O5. The van der Waals surface area contributed by atoms with Crippen LogP contribution >= 0.6 is 0 Å². The van der Waals surface area contributed by atoms with E-state index in [0.717, 1.165) is 17.6 Å². The molecule has 1 aromatic carbocycles. The van der Waals surface area contributed by atoms with Crippen LogP contribution in [0, 0.1) is 0 Å². The number of aliphatic carboxylic acids is 1. The number of hydrogen-bond donors (Lipinski definition) is 4. The van der Waals surface area contributed by atoms with Crippen LogP contribution in [0.15, 0.2) is 30.3 Å². The molecule has 2 aliphatic rings. The van der Waals surface area contributed by atoms with Gasteiger partial charge in [-0.15, -0.1) is 0 Å².